The number of nitrogens with zero attached hydrogens (tertiary/aromatic N) is 2. The van der Waals surface area contributed by atoms with Crippen LogP contribution in [0.3, 0.4) is 0 Å². The molecule has 8 rings (SSSR count). The lowest BCUT2D eigenvalue weighted by molar-refractivity contribution is -0.169. The molecule has 2 bridgehead atoms. The van der Waals surface area contributed by atoms with Crippen LogP contribution >= 0.6 is 11.8 Å². The van der Waals surface area contributed by atoms with Gasteiger partial charge in [0.1, 0.15) is 28.9 Å². The normalized spacial score (nSPS) is 28.8. The van der Waals surface area contributed by atoms with Crippen LogP contribution < -0.4 is 11.1 Å². The lowest BCUT2D eigenvalue weighted by Gasteiger charge is -2.64. The summed E-state index contributed by atoms with van der Waals surface area (Å²) in [6, 6.07) is 13.4. The van der Waals surface area contributed by atoms with Gasteiger partial charge in [0, 0.05) is 23.8 Å². The largest absolute Gasteiger partial charge is 0.508 e. The Kier molecular flexibility index (Phi) is 12.9. The van der Waals surface area contributed by atoms with Crippen LogP contribution in [0, 0.1) is 5.92 Å². The third-order valence-corrected chi connectivity index (χ3v) is 14.1. The van der Waals surface area contributed by atoms with Gasteiger partial charge in [-0.15, -0.1) is 11.8 Å². The van der Waals surface area contributed by atoms with Gasteiger partial charge in [-0.25, -0.2) is 14.4 Å². The number of thioether (sulfide) groups is 1. The van der Waals surface area contributed by atoms with E-state index < -0.39 is 65.0 Å². The third-order valence-electron chi connectivity index (χ3n) is 12.7. The minimum atomic E-state index is -2.27. The Morgan fingerprint density at radius 3 is 2.21 bits per heavy atom. The van der Waals surface area contributed by atoms with Gasteiger partial charge in [-0.1, -0.05) is 55.7 Å². The van der Waals surface area contributed by atoms with Crippen LogP contribution in [0.5, 0.6) is 5.75 Å². The Balaban J connectivity index is 0.000000160. The number of amides is 2. The van der Waals surface area contributed by atoms with Crippen molar-refractivity contribution in [3.63, 3.8) is 0 Å². The second-order valence-corrected chi connectivity index (χ2v) is 17.2. The van der Waals surface area contributed by atoms with Crippen molar-refractivity contribution in [1.29, 1.82) is 0 Å². The second kappa shape index (κ2) is 17.4. The Bertz CT molecular complexity index is 1930. The van der Waals surface area contributed by atoms with Crippen LogP contribution in [-0.2, 0) is 35.8 Å². The first kappa shape index (κ1) is 43.1. The summed E-state index contributed by atoms with van der Waals surface area (Å²) in [6.45, 7) is 3.98. The van der Waals surface area contributed by atoms with E-state index in [2.05, 4.69) is 16.3 Å². The van der Waals surface area contributed by atoms with Gasteiger partial charge in [0.05, 0.1) is 5.60 Å². The zero-order chi connectivity index (χ0) is 42.1. The maximum absolute atomic E-state index is 12.3. The van der Waals surface area contributed by atoms with Gasteiger partial charge in [0.15, 0.2) is 12.2 Å². The molecule has 17 heteroatoms. The molecule has 8 atom stereocenters. The van der Waals surface area contributed by atoms with Crippen molar-refractivity contribution in [3.05, 3.63) is 76.5 Å². The van der Waals surface area contributed by atoms with Gasteiger partial charge in [-0.2, -0.15) is 0 Å². The number of fused-ring (bicyclic) bond motifs is 2. The number of carbonyl (C=O) groups is 5. The number of rotatable bonds is 9. The smallest absolute Gasteiger partial charge is 0.352 e. The molecule has 2 aromatic rings. The highest BCUT2D eigenvalue weighted by molar-refractivity contribution is 8.00. The van der Waals surface area contributed by atoms with Gasteiger partial charge >= 0.3 is 17.9 Å². The molecule has 58 heavy (non-hydrogen) atoms. The van der Waals surface area contributed by atoms with Crippen LogP contribution in [-0.4, -0.2) is 129 Å². The number of likely N-dealkylation sites (tertiary alicyclic amines) is 1. The van der Waals surface area contributed by atoms with Gasteiger partial charge in [0.25, 0.3) is 5.91 Å². The number of phenolic OH excluding ortho intramolecular Hbond substituents is 1. The van der Waals surface area contributed by atoms with Gasteiger partial charge in [0.2, 0.25) is 5.91 Å². The molecule has 2 amide bonds. The molecule has 3 heterocycles. The SMILES string of the molecule is CC1=C(C(=O)O)N2C(=O)[C@@H](NC(=O)[C@H](N)c3ccccc3)[C@H]2SC1.O=C(O)C(O)C(O)C(=O)O.Oc1ccc2c(c1)[C@@]13CCCC[C@@]1(O)[C@@H](C2)N(CC1CCC1)CC3. The fraction of sp³-hybridized carbons (Fsp3) is 0.537. The highest BCUT2D eigenvalue weighted by atomic mass is 32.2. The minimum Gasteiger partial charge on any atom is -0.508 e. The van der Waals surface area contributed by atoms with Crippen LogP contribution in [0.2, 0.25) is 0 Å². The summed E-state index contributed by atoms with van der Waals surface area (Å²) in [5.74, 6) is -3.83. The predicted molar refractivity (Wildman–Crippen MR) is 210 cm³/mol. The summed E-state index contributed by atoms with van der Waals surface area (Å²) >= 11 is 1.43. The summed E-state index contributed by atoms with van der Waals surface area (Å²) in [6.07, 6.45) is 5.93. The zero-order valence-corrected chi connectivity index (χ0v) is 33.0. The molecule has 6 aliphatic rings. The molecule has 2 saturated heterocycles. The van der Waals surface area contributed by atoms with Crippen LogP contribution in [0.1, 0.15) is 81.0 Å². The van der Waals surface area contributed by atoms with Crippen molar-refractivity contribution in [2.75, 3.05) is 18.8 Å². The summed E-state index contributed by atoms with van der Waals surface area (Å²) in [7, 11) is 0. The number of benzene rings is 2. The van der Waals surface area contributed by atoms with Crippen LogP contribution in [0.4, 0.5) is 0 Å². The van der Waals surface area contributed by atoms with Crippen molar-refractivity contribution < 1.29 is 59.7 Å². The fourth-order valence-electron chi connectivity index (χ4n) is 9.42. The molecule has 0 radical (unpaired) electrons. The molecule has 2 aromatic carbocycles. The number of hydrogen-bond donors (Lipinski definition) is 9. The van der Waals surface area contributed by atoms with E-state index in [0.29, 0.717) is 22.6 Å². The Morgan fingerprint density at radius 2 is 1.60 bits per heavy atom. The van der Waals surface area contributed by atoms with Crippen molar-refractivity contribution in [3.8, 4) is 5.75 Å². The Labute approximate surface area is 339 Å². The maximum Gasteiger partial charge on any atom is 0.352 e. The molecule has 10 N–H and O–H groups in total. The number of carboxylic acid groups (broad SMARTS) is 3. The second-order valence-electron chi connectivity index (χ2n) is 16.1. The number of nitrogens with one attached hydrogen (secondary N) is 1. The number of aromatic hydroxyl groups is 1. The average molecular weight is 825 g/mol. The summed E-state index contributed by atoms with van der Waals surface area (Å²) < 4.78 is 0. The number of nitrogens with two attached hydrogens (primary N) is 1. The fourth-order valence-corrected chi connectivity index (χ4v) is 10.7. The molecule has 314 valence electrons. The van der Waals surface area contributed by atoms with E-state index in [1.165, 1.54) is 60.0 Å². The molecule has 16 nitrogen and oxygen atoms in total. The van der Waals surface area contributed by atoms with Gasteiger partial charge in [-0.05, 0) is 92.3 Å². The maximum atomic E-state index is 12.3. The lowest BCUT2D eigenvalue weighted by Crippen LogP contribution is -2.72. The summed E-state index contributed by atoms with van der Waals surface area (Å²) in [5.41, 5.74) is 9.12. The number of piperidine rings is 1. The molecule has 3 aliphatic heterocycles. The van der Waals surface area contributed by atoms with E-state index in [1.807, 2.05) is 18.2 Å². The molecule has 2 saturated carbocycles. The number of carbonyl (C=O) groups excluding carboxylic acids is 2. The van der Waals surface area contributed by atoms with Crippen molar-refractivity contribution in [2.45, 2.75) is 111 Å². The first-order valence-electron chi connectivity index (χ1n) is 19.6. The number of β-lactam (4-membered cyclic amide) rings is 1. The van der Waals surface area contributed by atoms with Crippen LogP contribution in [0.15, 0.2) is 59.8 Å². The Hall–Kier alpha value is -4.52. The number of hydrogen-bond acceptors (Lipinski definition) is 12. The first-order valence-corrected chi connectivity index (χ1v) is 20.6. The van der Waals surface area contributed by atoms with Crippen molar-refractivity contribution in [2.24, 2.45) is 11.7 Å². The van der Waals surface area contributed by atoms with E-state index in [-0.39, 0.29) is 17.2 Å². The summed E-state index contributed by atoms with van der Waals surface area (Å²) in [5, 5.41) is 66.1. The number of aliphatic carboxylic acids is 3. The van der Waals surface area contributed by atoms with E-state index in [1.54, 1.807) is 31.2 Å². The van der Waals surface area contributed by atoms with Crippen LogP contribution in [0.25, 0.3) is 0 Å². The van der Waals surface area contributed by atoms with Crippen molar-refractivity contribution in [1.82, 2.24) is 15.1 Å². The predicted octanol–water partition coefficient (Wildman–Crippen LogP) is 1.69. The topological polar surface area (TPSA) is 271 Å². The monoisotopic (exact) mass is 824 g/mol. The number of aliphatic hydroxyl groups excluding tert-OH is 2. The van der Waals surface area contributed by atoms with E-state index in [4.69, 9.17) is 26.2 Å². The summed E-state index contributed by atoms with van der Waals surface area (Å²) in [4.78, 5) is 59.4. The number of phenols is 1. The molecule has 0 aromatic heterocycles. The zero-order valence-electron chi connectivity index (χ0n) is 32.2. The molecule has 4 fully saturated rings. The van der Waals surface area contributed by atoms with E-state index in [0.717, 1.165) is 44.6 Å². The molecule has 3 aliphatic carbocycles. The van der Waals surface area contributed by atoms with Crippen molar-refractivity contribution >= 4 is 41.5 Å². The first-order chi connectivity index (χ1) is 27.5. The molecule has 0 spiro atoms. The van der Waals surface area contributed by atoms with Gasteiger partial charge in [-0.3, -0.25) is 19.4 Å². The quantitative estimate of drug-likeness (QED) is 0.163. The molecule has 2 unspecified atom stereocenters. The lowest BCUT2D eigenvalue weighted by atomic mass is 9.49. The Morgan fingerprint density at radius 1 is 0.948 bits per heavy atom. The number of carboxylic acids is 3. The van der Waals surface area contributed by atoms with E-state index in [9.17, 15) is 39.3 Å². The minimum absolute atomic E-state index is 0.0154. The third kappa shape index (κ3) is 8.07. The molecular formula is C41H52N4O12S. The average Bonchev–Trinajstić information content (AvgIpc) is 3.18. The molecular weight excluding hydrogens is 773 g/mol. The standard InChI is InChI=1S/C21H29NO2.C16H17N3O4S.C4H6O6/c23-17-7-6-16-12-19-21(24)9-2-1-8-20(21,18(16)13-17)10-11-22(19)14-15-4-3-5-15;1-8-7-24-15-11(14(21)19(15)12(8)16(22)23)18-13(20)10(17)9-5-3-2-4-6-9;5-1(3(7)8)2(6)4(9)10/h6-7,13,15,19,23-24H,1-5,8-12,14H2;2-6,10-11,15H,7,17H2,1H3,(H,18,20)(H,22,23);1-2,5-6H,(H,7,8)(H,9,10)/t19-,20+,21-;10-,11-,15-;/m11./s1. The van der Waals surface area contributed by atoms with Gasteiger partial charge < -0.3 is 46.8 Å². The highest BCUT2D eigenvalue weighted by Gasteiger charge is 2.63. The highest BCUT2D eigenvalue weighted by Crippen LogP contribution is 2.58. The number of aliphatic hydroxyl groups is 3. The van der Waals surface area contributed by atoms with E-state index >= 15 is 0 Å².